The summed E-state index contributed by atoms with van der Waals surface area (Å²) in [6.45, 7) is 5.14. The minimum atomic E-state index is -0.0268. The Morgan fingerprint density at radius 2 is 2.04 bits per heavy atom. The number of aryl methyl sites for hydroxylation is 1. The molecule has 0 radical (unpaired) electrons. The van der Waals surface area contributed by atoms with Gasteiger partial charge in [-0.05, 0) is 31.0 Å². The van der Waals surface area contributed by atoms with Crippen LogP contribution in [0.5, 0.6) is 0 Å². The third-order valence-electron chi connectivity index (χ3n) is 3.58. The zero-order chi connectivity index (χ0) is 16.5. The number of amides is 1. The molecular weight excluding hydrogens is 286 g/mol. The molecule has 1 aromatic heterocycles. The van der Waals surface area contributed by atoms with Crippen molar-refractivity contribution in [2.24, 2.45) is 0 Å². The molecule has 0 atom stereocenters. The quantitative estimate of drug-likeness (QED) is 0.719. The normalized spacial score (nSPS) is 10.3. The molecule has 0 spiro atoms. The van der Waals surface area contributed by atoms with Crippen molar-refractivity contribution in [3.8, 4) is 0 Å². The lowest BCUT2D eigenvalue weighted by molar-refractivity contribution is -0.115. The summed E-state index contributed by atoms with van der Waals surface area (Å²) < 4.78 is 0. The smallest absolute Gasteiger partial charge is 0.228 e. The van der Waals surface area contributed by atoms with Gasteiger partial charge >= 0.3 is 0 Å². The molecule has 2 N–H and O–H groups in total. The van der Waals surface area contributed by atoms with Gasteiger partial charge in [-0.15, -0.1) is 0 Å². The predicted molar refractivity (Wildman–Crippen MR) is 95.8 cm³/mol. The molecule has 0 saturated carbocycles. The molecule has 4 heteroatoms. The number of carbonyl (C=O) groups is 1. The van der Waals surface area contributed by atoms with E-state index in [1.54, 1.807) is 6.20 Å². The van der Waals surface area contributed by atoms with Gasteiger partial charge in [0.25, 0.3) is 0 Å². The van der Waals surface area contributed by atoms with Crippen LogP contribution in [0, 0.1) is 6.92 Å². The number of rotatable bonds is 8. The zero-order valence-corrected chi connectivity index (χ0v) is 13.9. The van der Waals surface area contributed by atoms with Crippen LogP contribution in [0.25, 0.3) is 0 Å². The van der Waals surface area contributed by atoms with E-state index in [2.05, 4.69) is 22.5 Å². The van der Waals surface area contributed by atoms with Gasteiger partial charge in [0, 0.05) is 6.54 Å². The summed E-state index contributed by atoms with van der Waals surface area (Å²) in [4.78, 5) is 16.4. The third-order valence-corrected chi connectivity index (χ3v) is 3.58. The first-order chi connectivity index (χ1) is 11.2. The molecule has 0 aliphatic carbocycles. The van der Waals surface area contributed by atoms with E-state index in [1.807, 2.05) is 43.3 Å². The van der Waals surface area contributed by atoms with E-state index in [4.69, 9.17) is 0 Å². The molecule has 0 fully saturated rings. The number of nitrogens with one attached hydrogen (secondary N) is 2. The first-order valence-electron chi connectivity index (χ1n) is 8.22. The second kappa shape index (κ2) is 8.93. The summed E-state index contributed by atoms with van der Waals surface area (Å²) in [5.41, 5.74) is 2.90. The van der Waals surface area contributed by atoms with E-state index in [-0.39, 0.29) is 5.91 Å². The van der Waals surface area contributed by atoms with Gasteiger partial charge in [0.1, 0.15) is 5.82 Å². The van der Waals surface area contributed by atoms with E-state index in [9.17, 15) is 4.79 Å². The van der Waals surface area contributed by atoms with Crippen molar-refractivity contribution in [1.82, 2.24) is 4.98 Å². The van der Waals surface area contributed by atoms with Crippen molar-refractivity contribution < 1.29 is 4.79 Å². The van der Waals surface area contributed by atoms with Crippen LogP contribution in [0.4, 0.5) is 11.5 Å². The lowest BCUT2D eigenvalue weighted by atomic mass is 10.1. The van der Waals surface area contributed by atoms with Gasteiger partial charge in [-0.1, -0.05) is 49.6 Å². The van der Waals surface area contributed by atoms with Gasteiger partial charge in [-0.3, -0.25) is 4.79 Å². The van der Waals surface area contributed by atoms with Gasteiger partial charge in [0.2, 0.25) is 5.91 Å². The Hall–Kier alpha value is -2.36. The van der Waals surface area contributed by atoms with Crippen LogP contribution in [0.2, 0.25) is 0 Å². The van der Waals surface area contributed by atoms with Crippen LogP contribution in [0.1, 0.15) is 37.3 Å². The maximum atomic E-state index is 12.1. The topological polar surface area (TPSA) is 54.0 Å². The Morgan fingerprint density at radius 3 is 2.74 bits per heavy atom. The molecule has 4 nitrogen and oxygen atoms in total. The minimum Gasteiger partial charge on any atom is -0.370 e. The Kier molecular flexibility index (Phi) is 6.60. The van der Waals surface area contributed by atoms with Gasteiger partial charge < -0.3 is 10.6 Å². The summed E-state index contributed by atoms with van der Waals surface area (Å²) in [7, 11) is 0. The Labute approximate surface area is 138 Å². The molecule has 2 rings (SSSR count). The van der Waals surface area contributed by atoms with Crippen molar-refractivity contribution in [3.63, 3.8) is 0 Å². The van der Waals surface area contributed by atoms with Crippen LogP contribution in [-0.2, 0) is 11.2 Å². The van der Waals surface area contributed by atoms with Gasteiger partial charge in [0.15, 0.2) is 0 Å². The molecule has 0 aliphatic rings. The fourth-order valence-corrected chi connectivity index (χ4v) is 2.38. The molecule has 2 aromatic rings. The highest BCUT2D eigenvalue weighted by molar-refractivity contribution is 5.92. The number of carbonyl (C=O) groups excluding carboxylic acids is 1. The average Bonchev–Trinajstić information content (AvgIpc) is 2.53. The van der Waals surface area contributed by atoms with Crippen molar-refractivity contribution in [1.29, 1.82) is 0 Å². The molecule has 122 valence electrons. The van der Waals surface area contributed by atoms with Crippen molar-refractivity contribution in [2.45, 2.75) is 39.5 Å². The summed E-state index contributed by atoms with van der Waals surface area (Å²) in [5, 5.41) is 6.17. The molecule has 1 aromatic carbocycles. The number of benzene rings is 1. The van der Waals surface area contributed by atoms with E-state index in [1.165, 1.54) is 12.8 Å². The fraction of sp³-hybridized carbons (Fsp3) is 0.368. The first-order valence-corrected chi connectivity index (χ1v) is 8.22. The maximum Gasteiger partial charge on any atom is 0.228 e. The Morgan fingerprint density at radius 1 is 1.17 bits per heavy atom. The number of nitrogens with zero attached hydrogens (tertiary/aromatic N) is 1. The molecule has 0 bridgehead atoms. The third kappa shape index (κ3) is 6.10. The van der Waals surface area contributed by atoms with Crippen molar-refractivity contribution in [2.75, 3.05) is 17.2 Å². The zero-order valence-electron chi connectivity index (χ0n) is 13.9. The standard InChI is InChI=1S/C19H25N3O/c1-3-4-5-11-20-18-10-9-17(14-21-18)22-19(23)13-16-8-6-7-15(2)12-16/h6-10,12,14H,3-5,11,13H2,1-2H3,(H,20,21)(H,22,23). The van der Waals surface area contributed by atoms with Crippen LogP contribution in [0.15, 0.2) is 42.6 Å². The second-order valence-electron chi connectivity index (χ2n) is 5.78. The number of hydrogen-bond acceptors (Lipinski definition) is 3. The average molecular weight is 311 g/mol. The van der Waals surface area contributed by atoms with Crippen LogP contribution >= 0.6 is 0 Å². The number of unbranched alkanes of at least 4 members (excludes halogenated alkanes) is 2. The molecule has 0 saturated heterocycles. The van der Waals surface area contributed by atoms with Crippen LogP contribution in [-0.4, -0.2) is 17.4 Å². The summed E-state index contributed by atoms with van der Waals surface area (Å²) in [6.07, 6.45) is 5.64. The number of pyridine rings is 1. The lowest BCUT2D eigenvalue weighted by Gasteiger charge is -2.08. The van der Waals surface area contributed by atoms with Crippen LogP contribution < -0.4 is 10.6 Å². The molecule has 23 heavy (non-hydrogen) atoms. The largest absolute Gasteiger partial charge is 0.370 e. The molecule has 1 heterocycles. The van der Waals surface area contributed by atoms with E-state index in [0.29, 0.717) is 6.42 Å². The van der Waals surface area contributed by atoms with Crippen LogP contribution in [0.3, 0.4) is 0 Å². The van der Waals surface area contributed by atoms with E-state index >= 15 is 0 Å². The molecule has 0 aliphatic heterocycles. The molecule has 0 unspecified atom stereocenters. The fourth-order valence-electron chi connectivity index (χ4n) is 2.38. The predicted octanol–water partition coefficient (Wildman–Crippen LogP) is 4.17. The Bertz CT molecular complexity index is 623. The molecular formula is C19H25N3O. The summed E-state index contributed by atoms with van der Waals surface area (Å²) in [6, 6.07) is 11.8. The second-order valence-corrected chi connectivity index (χ2v) is 5.78. The summed E-state index contributed by atoms with van der Waals surface area (Å²) >= 11 is 0. The minimum absolute atomic E-state index is 0.0268. The van der Waals surface area contributed by atoms with Gasteiger partial charge in [0.05, 0.1) is 18.3 Å². The maximum absolute atomic E-state index is 12.1. The molecule has 1 amide bonds. The summed E-state index contributed by atoms with van der Waals surface area (Å²) in [5.74, 6) is 0.818. The van der Waals surface area contributed by atoms with Gasteiger partial charge in [-0.25, -0.2) is 4.98 Å². The highest BCUT2D eigenvalue weighted by Crippen LogP contribution is 2.11. The monoisotopic (exact) mass is 311 g/mol. The van der Waals surface area contributed by atoms with E-state index < -0.39 is 0 Å². The van der Waals surface area contributed by atoms with Crippen molar-refractivity contribution in [3.05, 3.63) is 53.7 Å². The first kappa shape index (κ1) is 17.0. The number of hydrogen-bond donors (Lipinski definition) is 2. The van der Waals surface area contributed by atoms with Gasteiger partial charge in [-0.2, -0.15) is 0 Å². The highest BCUT2D eigenvalue weighted by atomic mass is 16.1. The number of anilines is 2. The SMILES string of the molecule is CCCCCNc1ccc(NC(=O)Cc2cccc(C)c2)cn1. The Balaban J connectivity index is 1.81. The van der Waals surface area contributed by atoms with E-state index in [0.717, 1.165) is 35.6 Å². The lowest BCUT2D eigenvalue weighted by Crippen LogP contribution is -2.14. The number of aromatic nitrogens is 1. The highest BCUT2D eigenvalue weighted by Gasteiger charge is 2.05. The van der Waals surface area contributed by atoms with Crippen molar-refractivity contribution >= 4 is 17.4 Å².